The quantitative estimate of drug-likeness (QED) is 0.804. The third-order valence-electron chi connectivity index (χ3n) is 3.67. The fraction of sp³-hybridized carbons (Fsp3) is 0.222. The first-order chi connectivity index (χ1) is 10.2. The van der Waals surface area contributed by atoms with E-state index < -0.39 is 0 Å². The molecule has 0 atom stereocenters. The fourth-order valence-corrected chi connectivity index (χ4v) is 2.56. The first kappa shape index (κ1) is 13.6. The van der Waals surface area contributed by atoms with Gasteiger partial charge in [0.2, 0.25) is 5.90 Å². The Morgan fingerprint density at radius 3 is 2.52 bits per heavy atom. The summed E-state index contributed by atoms with van der Waals surface area (Å²) in [6.45, 7) is 5.00. The molecule has 0 aliphatic carbocycles. The average Bonchev–Trinajstić information content (AvgIpc) is 3.01. The Labute approximate surface area is 124 Å². The minimum Gasteiger partial charge on any atom is -0.475 e. The SMILES string of the molecule is CC(=O)c1ccc(-c2cccc(C)c2C2=NCCO2)cc1. The number of carbonyl (C=O) groups excluding carboxylic acids is 1. The van der Waals surface area contributed by atoms with Crippen LogP contribution in [0.25, 0.3) is 11.1 Å². The molecule has 0 unspecified atom stereocenters. The molecule has 106 valence electrons. The Morgan fingerprint density at radius 1 is 1.14 bits per heavy atom. The van der Waals surface area contributed by atoms with E-state index in [1.54, 1.807) is 6.92 Å². The molecule has 1 aliphatic rings. The van der Waals surface area contributed by atoms with E-state index in [2.05, 4.69) is 24.0 Å². The summed E-state index contributed by atoms with van der Waals surface area (Å²) < 4.78 is 5.64. The van der Waals surface area contributed by atoms with E-state index in [-0.39, 0.29) is 5.78 Å². The van der Waals surface area contributed by atoms with E-state index in [1.165, 1.54) is 0 Å². The van der Waals surface area contributed by atoms with Gasteiger partial charge >= 0.3 is 0 Å². The summed E-state index contributed by atoms with van der Waals surface area (Å²) in [4.78, 5) is 15.8. The highest BCUT2D eigenvalue weighted by molar-refractivity contribution is 6.03. The Hall–Kier alpha value is -2.42. The van der Waals surface area contributed by atoms with Crippen LogP contribution in [0.15, 0.2) is 47.5 Å². The van der Waals surface area contributed by atoms with Crippen molar-refractivity contribution in [1.29, 1.82) is 0 Å². The maximum Gasteiger partial charge on any atom is 0.217 e. The maximum atomic E-state index is 11.4. The van der Waals surface area contributed by atoms with E-state index in [4.69, 9.17) is 4.74 Å². The van der Waals surface area contributed by atoms with Gasteiger partial charge in [0.15, 0.2) is 5.78 Å². The topological polar surface area (TPSA) is 38.7 Å². The van der Waals surface area contributed by atoms with Crippen LogP contribution in [0, 0.1) is 6.92 Å². The van der Waals surface area contributed by atoms with E-state index >= 15 is 0 Å². The number of ketones is 1. The molecule has 0 saturated carbocycles. The third kappa shape index (κ3) is 2.59. The zero-order valence-electron chi connectivity index (χ0n) is 12.2. The first-order valence-electron chi connectivity index (χ1n) is 7.05. The summed E-state index contributed by atoms with van der Waals surface area (Å²) in [7, 11) is 0. The highest BCUT2D eigenvalue weighted by Crippen LogP contribution is 2.28. The van der Waals surface area contributed by atoms with Gasteiger partial charge in [-0.25, -0.2) is 4.99 Å². The predicted octanol–water partition coefficient (Wildman–Crippen LogP) is 3.64. The lowest BCUT2D eigenvalue weighted by molar-refractivity contribution is 0.101. The lowest BCUT2D eigenvalue weighted by Crippen LogP contribution is -2.06. The molecule has 3 rings (SSSR count). The molecule has 0 fully saturated rings. The molecular formula is C18H17NO2. The number of aryl methyl sites for hydroxylation is 1. The first-order valence-corrected chi connectivity index (χ1v) is 7.05. The molecule has 21 heavy (non-hydrogen) atoms. The number of ether oxygens (including phenoxy) is 1. The van der Waals surface area contributed by atoms with Gasteiger partial charge in [-0.3, -0.25) is 4.79 Å². The van der Waals surface area contributed by atoms with Crippen molar-refractivity contribution in [3.05, 3.63) is 59.2 Å². The van der Waals surface area contributed by atoms with Crippen LogP contribution in [0.1, 0.15) is 28.4 Å². The van der Waals surface area contributed by atoms with Crippen LogP contribution in [0.5, 0.6) is 0 Å². The van der Waals surface area contributed by atoms with Gasteiger partial charge in [0.05, 0.1) is 6.54 Å². The lowest BCUT2D eigenvalue weighted by Gasteiger charge is -2.13. The molecule has 0 radical (unpaired) electrons. The zero-order chi connectivity index (χ0) is 14.8. The van der Waals surface area contributed by atoms with Gasteiger partial charge in [-0.05, 0) is 30.5 Å². The van der Waals surface area contributed by atoms with Gasteiger partial charge in [-0.2, -0.15) is 0 Å². The molecule has 0 N–H and O–H groups in total. The van der Waals surface area contributed by atoms with Crippen molar-refractivity contribution >= 4 is 11.7 Å². The normalized spacial score (nSPS) is 13.7. The second kappa shape index (κ2) is 5.52. The van der Waals surface area contributed by atoms with E-state index in [9.17, 15) is 4.79 Å². The second-order valence-electron chi connectivity index (χ2n) is 5.17. The number of benzene rings is 2. The Balaban J connectivity index is 2.09. The number of Topliss-reactive ketones (excluding diaryl/α,β-unsaturated/α-hetero) is 1. The van der Waals surface area contributed by atoms with Crippen molar-refractivity contribution in [2.45, 2.75) is 13.8 Å². The van der Waals surface area contributed by atoms with Crippen molar-refractivity contribution in [3.8, 4) is 11.1 Å². The zero-order valence-corrected chi connectivity index (χ0v) is 12.2. The van der Waals surface area contributed by atoms with E-state index in [0.29, 0.717) is 13.2 Å². The molecule has 0 bridgehead atoms. The minimum atomic E-state index is 0.0783. The smallest absolute Gasteiger partial charge is 0.217 e. The highest BCUT2D eigenvalue weighted by atomic mass is 16.5. The summed E-state index contributed by atoms with van der Waals surface area (Å²) in [6.07, 6.45) is 0. The Kier molecular flexibility index (Phi) is 3.57. The summed E-state index contributed by atoms with van der Waals surface area (Å²) in [6, 6.07) is 13.8. The number of rotatable bonds is 3. The van der Waals surface area contributed by atoms with Gasteiger partial charge in [0.25, 0.3) is 0 Å². The van der Waals surface area contributed by atoms with Crippen molar-refractivity contribution in [1.82, 2.24) is 0 Å². The molecular weight excluding hydrogens is 262 g/mol. The number of nitrogens with zero attached hydrogens (tertiary/aromatic N) is 1. The molecule has 2 aromatic carbocycles. The third-order valence-corrected chi connectivity index (χ3v) is 3.67. The summed E-state index contributed by atoms with van der Waals surface area (Å²) in [5, 5.41) is 0. The van der Waals surface area contributed by atoms with Crippen molar-refractivity contribution < 1.29 is 9.53 Å². The molecule has 3 heteroatoms. The molecule has 3 nitrogen and oxygen atoms in total. The molecule has 2 aromatic rings. The van der Waals surface area contributed by atoms with Gasteiger partial charge in [0, 0.05) is 11.1 Å². The summed E-state index contributed by atoms with van der Waals surface area (Å²) in [5.74, 6) is 0.799. The van der Waals surface area contributed by atoms with Crippen molar-refractivity contribution in [2.24, 2.45) is 4.99 Å². The van der Waals surface area contributed by atoms with Gasteiger partial charge in [-0.15, -0.1) is 0 Å². The van der Waals surface area contributed by atoms with Gasteiger partial charge < -0.3 is 4.74 Å². The fourth-order valence-electron chi connectivity index (χ4n) is 2.56. The van der Waals surface area contributed by atoms with Gasteiger partial charge in [0.1, 0.15) is 6.61 Å². The van der Waals surface area contributed by atoms with Crippen LogP contribution in [0.2, 0.25) is 0 Å². The lowest BCUT2D eigenvalue weighted by atomic mass is 9.95. The van der Waals surface area contributed by atoms with Crippen LogP contribution in [-0.2, 0) is 4.74 Å². The maximum absolute atomic E-state index is 11.4. The summed E-state index contributed by atoms with van der Waals surface area (Å²) in [5.41, 5.74) is 5.07. The van der Waals surface area contributed by atoms with Crippen LogP contribution in [-0.4, -0.2) is 24.8 Å². The molecule has 0 aromatic heterocycles. The summed E-state index contributed by atoms with van der Waals surface area (Å²) >= 11 is 0. The van der Waals surface area contributed by atoms with Crippen LogP contribution < -0.4 is 0 Å². The Morgan fingerprint density at radius 2 is 1.90 bits per heavy atom. The van der Waals surface area contributed by atoms with Crippen LogP contribution in [0.3, 0.4) is 0 Å². The Bertz CT molecular complexity index is 714. The molecule has 0 spiro atoms. The average molecular weight is 279 g/mol. The largest absolute Gasteiger partial charge is 0.475 e. The number of hydrogen-bond acceptors (Lipinski definition) is 3. The molecule has 1 aliphatic heterocycles. The predicted molar refractivity (Wildman–Crippen MR) is 84.0 cm³/mol. The minimum absolute atomic E-state index is 0.0783. The van der Waals surface area contributed by atoms with Crippen LogP contribution in [0.4, 0.5) is 0 Å². The van der Waals surface area contributed by atoms with E-state index in [1.807, 2.05) is 30.3 Å². The monoisotopic (exact) mass is 279 g/mol. The standard InChI is InChI=1S/C18H17NO2/c1-12-4-3-5-16(17(12)18-19-10-11-21-18)15-8-6-14(7-9-15)13(2)20/h3-9H,10-11H2,1-2H3. The van der Waals surface area contributed by atoms with Crippen molar-refractivity contribution in [2.75, 3.05) is 13.2 Å². The second-order valence-corrected chi connectivity index (χ2v) is 5.17. The number of aliphatic imine (C=N–C) groups is 1. The molecule has 0 saturated heterocycles. The van der Waals surface area contributed by atoms with Crippen molar-refractivity contribution in [3.63, 3.8) is 0 Å². The highest BCUT2D eigenvalue weighted by Gasteiger charge is 2.18. The van der Waals surface area contributed by atoms with Crippen LogP contribution >= 0.6 is 0 Å². The molecule has 0 amide bonds. The number of hydrogen-bond donors (Lipinski definition) is 0. The van der Waals surface area contributed by atoms with E-state index in [0.717, 1.165) is 33.7 Å². The van der Waals surface area contributed by atoms with Gasteiger partial charge in [-0.1, -0.05) is 42.5 Å². The molecule has 1 heterocycles. The number of carbonyl (C=O) groups is 1.